The highest BCUT2D eigenvalue weighted by atomic mass is 16.4. The third-order valence-electron chi connectivity index (χ3n) is 8.60. The molecule has 3 aliphatic rings. The van der Waals surface area contributed by atoms with Gasteiger partial charge in [0.25, 0.3) is 0 Å². The Morgan fingerprint density at radius 1 is 0.968 bits per heavy atom. The van der Waals surface area contributed by atoms with Gasteiger partial charge < -0.3 is 5.11 Å². The minimum Gasteiger partial charge on any atom is -0.478 e. The number of aryl methyl sites for hydroxylation is 1. The summed E-state index contributed by atoms with van der Waals surface area (Å²) in [4.78, 5) is 11.3. The van der Waals surface area contributed by atoms with Crippen LogP contribution >= 0.6 is 0 Å². The van der Waals surface area contributed by atoms with Crippen LogP contribution in [0.4, 0.5) is 0 Å². The number of allylic oxidation sites excluding steroid dienone is 1. The molecule has 0 spiro atoms. The molecule has 162 valence electrons. The standard InChI is InChI=1S/C29H34O2/c1-18-13-23-24(28(4,5)12-11-27(23,2)3)16-22(18)29-10-9-20(25(29)17-29)14-19-7-6-8-21(15-19)26(30)31/h6-8,13-16,25H,9-12,17H2,1-5H3,(H,30,31). The molecular weight excluding hydrogens is 380 g/mol. The average molecular weight is 415 g/mol. The molecule has 2 nitrogen and oxygen atoms in total. The maximum absolute atomic E-state index is 11.3. The van der Waals surface area contributed by atoms with Crippen LogP contribution in [0.2, 0.25) is 0 Å². The molecule has 0 aromatic heterocycles. The van der Waals surface area contributed by atoms with E-state index in [2.05, 4.69) is 52.8 Å². The summed E-state index contributed by atoms with van der Waals surface area (Å²) in [5.74, 6) is -0.250. The zero-order valence-electron chi connectivity index (χ0n) is 19.5. The molecule has 3 aliphatic carbocycles. The molecule has 2 atom stereocenters. The average Bonchev–Trinajstić information content (AvgIpc) is 3.35. The first-order valence-corrected chi connectivity index (χ1v) is 11.7. The monoisotopic (exact) mass is 414 g/mol. The quantitative estimate of drug-likeness (QED) is 0.578. The maximum atomic E-state index is 11.3. The van der Waals surface area contributed by atoms with Crippen LogP contribution in [-0.2, 0) is 16.2 Å². The fourth-order valence-electron chi connectivity index (χ4n) is 6.45. The Hall–Kier alpha value is -2.35. The van der Waals surface area contributed by atoms with Crippen molar-refractivity contribution >= 4 is 12.0 Å². The summed E-state index contributed by atoms with van der Waals surface area (Å²) in [6.07, 6.45) is 8.32. The second kappa shape index (κ2) is 6.58. The van der Waals surface area contributed by atoms with Crippen LogP contribution in [0.15, 0.2) is 42.0 Å². The predicted molar refractivity (Wildman–Crippen MR) is 127 cm³/mol. The molecule has 0 saturated heterocycles. The van der Waals surface area contributed by atoms with Gasteiger partial charge in [-0.1, -0.05) is 63.6 Å². The van der Waals surface area contributed by atoms with Gasteiger partial charge >= 0.3 is 5.97 Å². The highest BCUT2D eigenvalue weighted by Crippen LogP contribution is 2.68. The van der Waals surface area contributed by atoms with Gasteiger partial charge in [0.05, 0.1) is 5.56 Å². The van der Waals surface area contributed by atoms with Gasteiger partial charge in [0.2, 0.25) is 0 Å². The van der Waals surface area contributed by atoms with E-state index in [4.69, 9.17) is 0 Å². The lowest BCUT2D eigenvalue weighted by atomic mass is 9.62. The second-order valence-electron chi connectivity index (χ2n) is 11.5. The summed E-state index contributed by atoms with van der Waals surface area (Å²) in [5.41, 5.74) is 9.83. The molecule has 0 bridgehead atoms. The Kier molecular flexibility index (Phi) is 4.36. The van der Waals surface area contributed by atoms with Gasteiger partial charge in [0, 0.05) is 5.41 Å². The van der Waals surface area contributed by atoms with Crippen molar-refractivity contribution in [1.82, 2.24) is 0 Å². The van der Waals surface area contributed by atoms with Crippen molar-refractivity contribution in [2.45, 2.75) is 83.0 Å². The Balaban J connectivity index is 1.51. The molecule has 2 fully saturated rings. The van der Waals surface area contributed by atoms with Crippen molar-refractivity contribution in [3.63, 3.8) is 0 Å². The number of aromatic carboxylic acids is 1. The molecule has 2 unspecified atom stereocenters. The number of carboxylic acids is 1. The van der Waals surface area contributed by atoms with Crippen molar-refractivity contribution in [3.8, 4) is 0 Å². The Morgan fingerprint density at radius 2 is 1.65 bits per heavy atom. The number of hydrogen-bond acceptors (Lipinski definition) is 1. The van der Waals surface area contributed by atoms with Crippen LogP contribution < -0.4 is 0 Å². The zero-order valence-corrected chi connectivity index (χ0v) is 19.5. The number of carbonyl (C=O) groups is 1. The predicted octanol–water partition coefficient (Wildman–Crippen LogP) is 7.18. The van der Waals surface area contributed by atoms with Crippen LogP contribution in [0, 0.1) is 12.8 Å². The van der Waals surface area contributed by atoms with Gasteiger partial charge in [-0.25, -0.2) is 4.79 Å². The SMILES string of the molecule is Cc1cc2c(cc1C13CCC(=Cc4cccc(C(=O)O)c4)C1C3)C(C)(C)CCC2(C)C. The Bertz CT molecular complexity index is 1120. The fourth-order valence-corrected chi connectivity index (χ4v) is 6.45. The summed E-state index contributed by atoms with van der Waals surface area (Å²) in [5, 5.41) is 9.31. The highest BCUT2D eigenvalue weighted by Gasteiger charge is 2.60. The van der Waals surface area contributed by atoms with Crippen molar-refractivity contribution < 1.29 is 9.90 Å². The smallest absolute Gasteiger partial charge is 0.335 e. The molecule has 1 N–H and O–H groups in total. The lowest BCUT2D eigenvalue weighted by molar-refractivity contribution is 0.0697. The van der Waals surface area contributed by atoms with Crippen molar-refractivity contribution in [3.05, 3.63) is 75.4 Å². The van der Waals surface area contributed by atoms with Gasteiger partial charge in [-0.15, -0.1) is 0 Å². The summed E-state index contributed by atoms with van der Waals surface area (Å²) in [6, 6.07) is 12.4. The molecule has 2 saturated carbocycles. The fraction of sp³-hybridized carbons (Fsp3) is 0.483. The number of carboxylic acid groups (broad SMARTS) is 1. The van der Waals surface area contributed by atoms with E-state index < -0.39 is 5.97 Å². The lowest BCUT2D eigenvalue weighted by Crippen LogP contribution is -2.34. The molecule has 0 radical (unpaired) electrons. The van der Waals surface area contributed by atoms with Gasteiger partial charge in [-0.05, 0) is 95.7 Å². The molecule has 5 rings (SSSR count). The van der Waals surface area contributed by atoms with E-state index in [-0.39, 0.29) is 10.8 Å². The van der Waals surface area contributed by atoms with E-state index in [1.165, 1.54) is 36.8 Å². The number of rotatable bonds is 3. The largest absolute Gasteiger partial charge is 0.478 e. The van der Waals surface area contributed by atoms with E-state index in [0.29, 0.717) is 16.9 Å². The molecule has 0 heterocycles. The summed E-state index contributed by atoms with van der Waals surface area (Å²) < 4.78 is 0. The number of benzene rings is 2. The van der Waals surface area contributed by atoms with E-state index >= 15 is 0 Å². The van der Waals surface area contributed by atoms with Crippen molar-refractivity contribution in [2.24, 2.45) is 5.92 Å². The summed E-state index contributed by atoms with van der Waals surface area (Å²) >= 11 is 0. The van der Waals surface area contributed by atoms with Gasteiger partial charge in [0.15, 0.2) is 0 Å². The normalized spacial score (nSPS) is 28.8. The second-order valence-corrected chi connectivity index (χ2v) is 11.5. The first kappa shape index (κ1) is 20.5. The van der Waals surface area contributed by atoms with Gasteiger partial charge in [-0.2, -0.15) is 0 Å². The van der Waals surface area contributed by atoms with E-state index in [0.717, 1.165) is 12.0 Å². The van der Waals surface area contributed by atoms with Crippen molar-refractivity contribution in [2.75, 3.05) is 0 Å². The molecule has 0 amide bonds. The third-order valence-corrected chi connectivity index (χ3v) is 8.60. The molecule has 0 aliphatic heterocycles. The number of hydrogen-bond donors (Lipinski definition) is 1. The van der Waals surface area contributed by atoms with Gasteiger partial charge in [0.1, 0.15) is 0 Å². The molecule has 31 heavy (non-hydrogen) atoms. The highest BCUT2D eigenvalue weighted by molar-refractivity contribution is 5.88. The van der Waals surface area contributed by atoms with E-state index in [1.54, 1.807) is 28.8 Å². The Labute approximate surface area is 186 Å². The van der Waals surface area contributed by atoms with Crippen LogP contribution in [0.5, 0.6) is 0 Å². The summed E-state index contributed by atoms with van der Waals surface area (Å²) in [6.45, 7) is 11.9. The van der Waals surface area contributed by atoms with Crippen LogP contribution in [0.1, 0.15) is 98.0 Å². The van der Waals surface area contributed by atoms with Crippen LogP contribution in [-0.4, -0.2) is 11.1 Å². The topological polar surface area (TPSA) is 37.3 Å². The number of fused-ring (bicyclic) bond motifs is 2. The van der Waals surface area contributed by atoms with Gasteiger partial charge in [-0.3, -0.25) is 0 Å². The molecule has 2 aromatic carbocycles. The first-order chi connectivity index (χ1) is 14.5. The van der Waals surface area contributed by atoms with E-state index in [1.807, 2.05) is 12.1 Å². The maximum Gasteiger partial charge on any atom is 0.335 e. The Morgan fingerprint density at radius 3 is 2.29 bits per heavy atom. The molecular formula is C29H34O2. The first-order valence-electron chi connectivity index (χ1n) is 11.7. The van der Waals surface area contributed by atoms with Crippen LogP contribution in [0.3, 0.4) is 0 Å². The van der Waals surface area contributed by atoms with Crippen LogP contribution in [0.25, 0.3) is 6.08 Å². The minimum absolute atomic E-state index is 0.239. The van der Waals surface area contributed by atoms with Crippen molar-refractivity contribution in [1.29, 1.82) is 0 Å². The summed E-state index contributed by atoms with van der Waals surface area (Å²) in [7, 11) is 0. The third kappa shape index (κ3) is 3.18. The minimum atomic E-state index is -0.859. The molecule has 2 aromatic rings. The molecule has 2 heteroatoms. The zero-order chi connectivity index (χ0) is 22.2. The van der Waals surface area contributed by atoms with E-state index in [9.17, 15) is 9.90 Å². The lowest BCUT2D eigenvalue weighted by Gasteiger charge is -2.43.